The van der Waals surface area contributed by atoms with E-state index in [0.717, 1.165) is 29.5 Å². The zero-order valence-corrected chi connectivity index (χ0v) is 16.1. The van der Waals surface area contributed by atoms with Gasteiger partial charge < -0.3 is 10.4 Å². The second-order valence-corrected chi connectivity index (χ2v) is 8.86. The Bertz CT molecular complexity index is 845. The quantitative estimate of drug-likeness (QED) is 0.794. The summed E-state index contributed by atoms with van der Waals surface area (Å²) in [7, 11) is 0. The highest BCUT2D eigenvalue weighted by atomic mass is 79.9. The van der Waals surface area contributed by atoms with Gasteiger partial charge in [-0.15, -0.1) is 0 Å². The summed E-state index contributed by atoms with van der Waals surface area (Å²) in [6.45, 7) is 6.41. The highest BCUT2D eigenvalue weighted by molar-refractivity contribution is 9.10. The Hall–Kier alpha value is -1.83. The number of anilines is 1. The van der Waals surface area contributed by atoms with Gasteiger partial charge in [0.05, 0.1) is 23.8 Å². The molecular weight excluding hydrogens is 386 g/mol. The molecule has 0 aliphatic carbocycles. The van der Waals surface area contributed by atoms with Gasteiger partial charge >= 0.3 is 6.09 Å². The van der Waals surface area contributed by atoms with E-state index in [1.54, 1.807) is 17.3 Å². The molecule has 0 radical (unpaired) electrons. The monoisotopic (exact) mass is 407 g/mol. The van der Waals surface area contributed by atoms with Gasteiger partial charge in [-0.05, 0) is 40.6 Å². The Morgan fingerprint density at radius 3 is 2.84 bits per heavy atom. The molecule has 2 aromatic rings. The minimum Gasteiger partial charge on any atom is -0.465 e. The first kappa shape index (κ1) is 16.6. The van der Waals surface area contributed by atoms with E-state index in [1.165, 1.54) is 0 Å². The van der Waals surface area contributed by atoms with Crippen molar-refractivity contribution in [2.45, 2.75) is 57.7 Å². The first-order chi connectivity index (χ1) is 11.7. The van der Waals surface area contributed by atoms with Crippen molar-refractivity contribution in [2.24, 2.45) is 5.41 Å². The van der Waals surface area contributed by atoms with Crippen LogP contribution in [0.5, 0.6) is 0 Å². The third-order valence-corrected chi connectivity index (χ3v) is 6.56. The van der Waals surface area contributed by atoms with Crippen molar-refractivity contribution in [1.29, 1.82) is 0 Å². The lowest BCUT2D eigenvalue weighted by atomic mass is 9.68. The summed E-state index contributed by atoms with van der Waals surface area (Å²) < 4.78 is 2.77. The van der Waals surface area contributed by atoms with E-state index in [1.807, 2.05) is 10.6 Å². The van der Waals surface area contributed by atoms with Crippen molar-refractivity contribution in [2.75, 3.05) is 5.32 Å². The first-order valence-electron chi connectivity index (χ1n) is 8.51. The maximum absolute atomic E-state index is 12.0. The number of aromatic nitrogens is 3. The van der Waals surface area contributed by atoms with Crippen LogP contribution in [0.1, 0.15) is 40.0 Å². The zero-order valence-electron chi connectivity index (χ0n) is 14.5. The third kappa shape index (κ3) is 2.26. The fraction of sp³-hybridized carbons (Fsp3) is 0.588. The number of nitrogens with one attached hydrogen (secondary N) is 1. The normalized spacial score (nSPS) is 28.7. The van der Waals surface area contributed by atoms with Crippen LogP contribution in [0.15, 0.2) is 23.2 Å². The van der Waals surface area contributed by atoms with Crippen LogP contribution in [0.3, 0.4) is 0 Å². The summed E-state index contributed by atoms with van der Waals surface area (Å²) >= 11 is 3.47. The van der Waals surface area contributed by atoms with Crippen LogP contribution in [-0.4, -0.2) is 48.1 Å². The molecule has 2 aliphatic rings. The minimum atomic E-state index is -0.823. The first-order valence-corrected chi connectivity index (χ1v) is 9.30. The van der Waals surface area contributed by atoms with Crippen LogP contribution in [0.4, 0.5) is 10.6 Å². The molecule has 7 nitrogen and oxygen atoms in total. The molecule has 1 unspecified atom stereocenters. The lowest BCUT2D eigenvalue weighted by Crippen LogP contribution is -2.52. The number of rotatable bonds is 2. The van der Waals surface area contributed by atoms with Crippen LogP contribution in [0.25, 0.3) is 5.65 Å². The lowest BCUT2D eigenvalue weighted by molar-refractivity contribution is 0.0436. The van der Waals surface area contributed by atoms with Crippen LogP contribution < -0.4 is 5.32 Å². The standard InChI is InChI=1S/C17H22BrN5O2/c1-16(2,3)17-5-4-11(23(17)15(24)25)10(8-17)21-13-14-20-9-12(18)22(14)7-6-19-13/h6-7,9-11H,4-5,8H2,1-3H3,(H,19,21)(H,24,25)/t10-,11+,17?/m1/s1. The zero-order chi connectivity index (χ0) is 18.0. The number of hydrogen-bond donors (Lipinski definition) is 2. The topological polar surface area (TPSA) is 82.8 Å². The summed E-state index contributed by atoms with van der Waals surface area (Å²) in [6, 6.07) is 0.00966. The molecule has 3 atom stereocenters. The number of carboxylic acid groups (broad SMARTS) is 1. The SMILES string of the molecule is CC(C)(C)C12CC[C@@H]([C@H](Nc3nccn4c(Br)cnc34)C1)N2C(=O)O. The third-order valence-electron chi connectivity index (χ3n) is 5.98. The van der Waals surface area contributed by atoms with E-state index < -0.39 is 6.09 Å². The second kappa shape index (κ2) is 5.33. The molecule has 4 rings (SSSR count). The van der Waals surface area contributed by atoms with Gasteiger partial charge in [0.2, 0.25) is 0 Å². The van der Waals surface area contributed by atoms with Crippen molar-refractivity contribution >= 4 is 33.5 Å². The molecule has 2 N–H and O–H groups in total. The van der Waals surface area contributed by atoms with Gasteiger partial charge in [0, 0.05) is 12.4 Å². The molecular formula is C17H22BrN5O2. The van der Waals surface area contributed by atoms with Gasteiger partial charge in [-0.2, -0.15) is 0 Å². The number of nitrogens with zero attached hydrogens (tertiary/aromatic N) is 4. The predicted molar refractivity (Wildman–Crippen MR) is 97.8 cm³/mol. The summed E-state index contributed by atoms with van der Waals surface area (Å²) in [5.41, 5.74) is 0.290. The highest BCUT2D eigenvalue weighted by Crippen LogP contribution is 2.55. The largest absolute Gasteiger partial charge is 0.465 e. The highest BCUT2D eigenvalue weighted by Gasteiger charge is 2.63. The maximum Gasteiger partial charge on any atom is 0.408 e. The van der Waals surface area contributed by atoms with Gasteiger partial charge in [-0.1, -0.05) is 20.8 Å². The summed E-state index contributed by atoms with van der Waals surface area (Å²) in [6.07, 6.45) is 7.07. The van der Waals surface area contributed by atoms with E-state index in [0.29, 0.717) is 5.82 Å². The molecule has 2 fully saturated rings. The van der Waals surface area contributed by atoms with Crippen LogP contribution in [-0.2, 0) is 0 Å². The molecule has 1 amide bonds. The number of halogens is 1. The average Bonchev–Trinajstić information content (AvgIpc) is 3.18. The predicted octanol–water partition coefficient (Wildman–Crippen LogP) is 3.60. The Kier molecular flexibility index (Phi) is 3.55. The Labute approximate surface area is 154 Å². The van der Waals surface area contributed by atoms with Gasteiger partial charge in [0.1, 0.15) is 4.60 Å². The van der Waals surface area contributed by atoms with Crippen molar-refractivity contribution in [3.8, 4) is 0 Å². The van der Waals surface area contributed by atoms with E-state index in [9.17, 15) is 9.90 Å². The fourth-order valence-electron chi connectivity index (χ4n) is 4.72. The van der Waals surface area contributed by atoms with Crippen LogP contribution >= 0.6 is 15.9 Å². The van der Waals surface area contributed by atoms with E-state index in [-0.39, 0.29) is 23.0 Å². The number of carbonyl (C=O) groups is 1. The van der Waals surface area contributed by atoms with Crippen LogP contribution in [0.2, 0.25) is 0 Å². The molecule has 2 aliphatic heterocycles. The van der Waals surface area contributed by atoms with Gasteiger partial charge in [-0.25, -0.2) is 14.8 Å². The van der Waals surface area contributed by atoms with Crippen molar-refractivity contribution in [1.82, 2.24) is 19.3 Å². The number of fused-ring (bicyclic) bond motifs is 3. The minimum absolute atomic E-state index is 0.0304. The smallest absolute Gasteiger partial charge is 0.408 e. The van der Waals surface area contributed by atoms with Gasteiger partial charge in [-0.3, -0.25) is 9.30 Å². The summed E-state index contributed by atoms with van der Waals surface area (Å²) in [5, 5.41) is 13.3. The average molecular weight is 408 g/mol. The Morgan fingerprint density at radius 1 is 1.44 bits per heavy atom. The molecule has 2 bridgehead atoms. The van der Waals surface area contributed by atoms with E-state index >= 15 is 0 Å². The van der Waals surface area contributed by atoms with Gasteiger partial charge in [0.15, 0.2) is 11.5 Å². The molecule has 2 aromatic heterocycles. The maximum atomic E-state index is 12.0. The second-order valence-electron chi connectivity index (χ2n) is 8.05. The summed E-state index contributed by atoms with van der Waals surface area (Å²) in [5.74, 6) is 0.695. The Balaban J connectivity index is 1.70. The summed E-state index contributed by atoms with van der Waals surface area (Å²) in [4.78, 5) is 22.5. The molecule has 2 saturated heterocycles. The van der Waals surface area contributed by atoms with Crippen molar-refractivity contribution in [3.63, 3.8) is 0 Å². The Morgan fingerprint density at radius 2 is 2.20 bits per heavy atom. The molecule has 0 spiro atoms. The van der Waals surface area contributed by atoms with Crippen molar-refractivity contribution < 1.29 is 9.90 Å². The van der Waals surface area contributed by atoms with Gasteiger partial charge in [0.25, 0.3) is 0 Å². The molecule has 134 valence electrons. The number of imidazole rings is 1. The van der Waals surface area contributed by atoms with E-state index in [4.69, 9.17) is 0 Å². The molecule has 8 heteroatoms. The fourth-order valence-corrected chi connectivity index (χ4v) is 5.10. The number of hydrogen-bond acceptors (Lipinski definition) is 4. The molecule has 4 heterocycles. The molecule has 0 aromatic carbocycles. The molecule has 0 saturated carbocycles. The van der Waals surface area contributed by atoms with Crippen molar-refractivity contribution in [3.05, 3.63) is 23.2 Å². The lowest BCUT2D eigenvalue weighted by Gasteiger charge is -2.44. The van der Waals surface area contributed by atoms with Crippen LogP contribution in [0, 0.1) is 5.41 Å². The number of amides is 1. The molecule has 25 heavy (non-hydrogen) atoms. The van der Waals surface area contributed by atoms with E-state index in [2.05, 4.69) is 52.0 Å².